The summed E-state index contributed by atoms with van der Waals surface area (Å²) >= 11 is 0. The Morgan fingerprint density at radius 2 is 1.91 bits per heavy atom. The zero-order valence-electron chi connectivity index (χ0n) is 11.9. The lowest BCUT2D eigenvalue weighted by atomic mass is 10.1. The molecular formula is C16H13N3O4. The van der Waals surface area contributed by atoms with Crippen LogP contribution in [0.5, 0.6) is 5.75 Å². The summed E-state index contributed by atoms with van der Waals surface area (Å²) in [5.74, 6) is -1.28. The number of fused-ring (bicyclic) bond motifs is 1. The molecule has 7 heteroatoms. The monoisotopic (exact) mass is 311 g/mol. The quantitative estimate of drug-likeness (QED) is 0.632. The molecule has 0 unspecified atom stereocenters. The molecule has 0 bridgehead atoms. The van der Waals surface area contributed by atoms with E-state index in [-0.39, 0.29) is 22.3 Å². The molecule has 0 radical (unpaired) electrons. The Labute approximate surface area is 130 Å². The molecule has 23 heavy (non-hydrogen) atoms. The number of carbonyl (C=O) groups excluding carboxylic acids is 1. The smallest absolute Gasteiger partial charge is 0.301 e. The first-order valence-electron chi connectivity index (χ1n) is 6.83. The minimum Gasteiger partial charge on any atom is -0.506 e. The van der Waals surface area contributed by atoms with E-state index in [1.807, 2.05) is 30.3 Å². The number of amides is 1. The Morgan fingerprint density at radius 1 is 1.17 bits per heavy atom. The van der Waals surface area contributed by atoms with Crippen LogP contribution in [0.2, 0.25) is 0 Å². The second kappa shape index (κ2) is 5.80. The molecule has 2 heterocycles. The van der Waals surface area contributed by atoms with Gasteiger partial charge >= 0.3 is 5.56 Å². The van der Waals surface area contributed by atoms with Crippen molar-refractivity contribution >= 4 is 16.9 Å². The number of aromatic hydroxyl groups is 1. The first-order chi connectivity index (χ1) is 11.1. The van der Waals surface area contributed by atoms with Gasteiger partial charge in [0.1, 0.15) is 5.75 Å². The molecule has 0 aliphatic heterocycles. The maximum absolute atomic E-state index is 12.2. The third-order valence-electron chi connectivity index (χ3n) is 3.41. The lowest BCUT2D eigenvalue weighted by Crippen LogP contribution is -2.32. The summed E-state index contributed by atoms with van der Waals surface area (Å²) in [6.07, 6.45) is 1.36. The van der Waals surface area contributed by atoms with E-state index in [1.165, 1.54) is 18.3 Å². The van der Waals surface area contributed by atoms with Gasteiger partial charge in [-0.25, -0.2) is 4.98 Å². The molecule has 0 fully saturated rings. The minimum atomic E-state index is -1.03. The van der Waals surface area contributed by atoms with Crippen LogP contribution in [-0.2, 0) is 6.54 Å². The highest BCUT2D eigenvalue weighted by Gasteiger charge is 2.22. The maximum atomic E-state index is 12.2. The average Bonchev–Trinajstić information content (AvgIpc) is 2.59. The van der Waals surface area contributed by atoms with E-state index in [9.17, 15) is 19.9 Å². The van der Waals surface area contributed by atoms with E-state index in [1.54, 1.807) is 0 Å². The van der Waals surface area contributed by atoms with E-state index >= 15 is 0 Å². The molecule has 0 saturated carbocycles. The fourth-order valence-corrected chi connectivity index (χ4v) is 2.26. The Hall–Kier alpha value is -3.35. The van der Waals surface area contributed by atoms with Crippen LogP contribution in [0.3, 0.4) is 0 Å². The van der Waals surface area contributed by atoms with Gasteiger partial charge < -0.3 is 15.6 Å². The third kappa shape index (κ3) is 2.59. The van der Waals surface area contributed by atoms with Crippen molar-refractivity contribution in [1.82, 2.24) is 15.0 Å². The summed E-state index contributed by atoms with van der Waals surface area (Å²) in [5.41, 5.74) is -0.829. The van der Waals surface area contributed by atoms with E-state index in [0.717, 1.165) is 5.56 Å². The van der Waals surface area contributed by atoms with Crippen molar-refractivity contribution in [2.45, 2.75) is 6.54 Å². The van der Waals surface area contributed by atoms with Gasteiger partial charge in [-0.05, 0) is 17.7 Å². The summed E-state index contributed by atoms with van der Waals surface area (Å²) < 4.78 is 0.256. The Kier molecular flexibility index (Phi) is 3.68. The van der Waals surface area contributed by atoms with Gasteiger partial charge in [-0.1, -0.05) is 30.3 Å². The molecule has 1 aromatic carbocycles. The first-order valence-corrected chi connectivity index (χ1v) is 6.83. The first kappa shape index (κ1) is 14.6. The summed E-state index contributed by atoms with van der Waals surface area (Å²) in [6.45, 7) is 0.190. The fourth-order valence-electron chi connectivity index (χ4n) is 2.26. The second-order valence-electron chi connectivity index (χ2n) is 4.88. The summed E-state index contributed by atoms with van der Waals surface area (Å²) in [7, 11) is 0. The topological polar surface area (TPSA) is 104 Å². The van der Waals surface area contributed by atoms with Crippen LogP contribution >= 0.6 is 0 Å². The van der Waals surface area contributed by atoms with Crippen molar-refractivity contribution in [3.63, 3.8) is 0 Å². The lowest BCUT2D eigenvalue weighted by Gasteiger charge is -2.10. The minimum absolute atomic E-state index is 0.111. The van der Waals surface area contributed by atoms with Crippen LogP contribution in [-0.4, -0.2) is 25.9 Å². The van der Waals surface area contributed by atoms with Crippen molar-refractivity contribution in [3.8, 4) is 5.75 Å². The fraction of sp³-hybridized carbons (Fsp3) is 0.0625. The molecule has 3 rings (SSSR count). The molecule has 116 valence electrons. The molecule has 0 saturated heterocycles. The van der Waals surface area contributed by atoms with Gasteiger partial charge in [-0.3, -0.25) is 9.59 Å². The van der Waals surface area contributed by atoms with E-state index < -0.39 is 22.8 Å². The molecule has 0 aliphatic carbocycles. The normalized spacial score (nSPS) is 10.6. The highest BCUT2D eigenvalue weighted by Crippen LogP contribution is 2.24. The van der Waals surface area contributed by atoms with Crippen LogP contribution in [0.15, 0.2) is 53.5 Å². The number of nitrogens with one attached hydrogen (secondary N) is 1. The van der Waals surface area contributed by atoms with Gasteiger partial charge in [0, 0.05) is 12.7 Å². The predicted octanol–water partition coefficient (Wildman–Crippen LogP) is 1.27. The van der Waals surface area contributed by atoms with Crippen LogP contribution in [0.1, 0.15) is 15.9 Å². The molecule has 2 aromatic heterocycles. The summed E-state index contributed by atoms with van der Waals surface area (Å²) in [5, 5.41) is 22.7. The zero-order valence-corrected chi connectivity index (χ0v) is 11.9. The summed E-state index contributed by atoms with van der Waals surface area (Å²) in [6, 6.07) is 12.1. The second-order valence-corrected chi connectivity index (χ2v) is 4.88. The molecule has 3 N–H and O–H groups in total. The SMILES string of the molecule is O=C(NCc1ccccc1)c1c(O)c2cccnc2n(O)c1=O. The number of hydrogen-bond donors (Lipinski definition) is 3. The van der Waals surface area contributed by atoms with Gasteiger partial charge in [-0.2, -0.15) is 0 Å². The molecular weight excluding hydrogens is 298 g/mol. The van der Waals surface area contributed by atoms with Gasteiger partial charge in [0.2, 0.25) is 0 Å². The standard InChI is InChI=1S/C16H13N3O4/c20-13-11-7-4-8-17-14(11)19(23)16(22)12(13)15(21)18-9-10-5-2-1-3-6-10/h1-8,20,23H,9H2,(H,18,21). The number of pyridine rings is 2. The largest absolute Gasteiger partial charge is 0.506 e. The van der Waals surface area contributed by atoms with E-state index in [4.69, 9.17) is 0 Å². The highest BCUT2D eigenvalue weighted by atomic mass is 16.5. The number of nitrogens with zero attached hydrogens (tertiary/aromatic N) is 2. The number of rotatable bonds is 3. The van der Waals surface area contributed by atoms with Crippen molar-refractivity contribution < 1.29 is 15.1 Å². The zero-order chi connectivity index (χ0) is 16.4. The predicted molar refractivity (Wildman–Crippen MR) is 82.5 cm³/mol. The molecule has 3 aromatic rings. The number of carbonyl (C=O) groups is 1. The van der Waals surface area contributed by atoms with Crippen molar-refractivity contribution in [1.29, 1.82) is 0 Å². The number of aromatic nitrogens is 2. The maximum Gasteiger partial charge on any atom is 0.301 e. The Bertz CT molecular complexity index is 935. The van der Waals surface area contributed by atoms with Crippen molar-refractivity contribution in [2.75, 3.05) is 0 Å². The van der Waals surface area contributed by atoms with Crippen molar-refractivity contribution in [3.05, 3.63) is 70.1 Å². The number of benzene rings is 1. The van der Waals surface area contributed by atoms with Gasteiger partial charge in [-0.15, -0.1) is 4.73 Å². The Balaban J connectivity index is 1.99. The Morgan fingerprint density at radius 3 is 2.65 bits per heavy atom. The van der Waals surface area contributed by atoms with Crippen LogP contribution in [0.25, 0.3) is 11.0 Å². The van der Waals surface area contributed by atoms with Gasteiger partial charge in [0.05, 0.1) is 5.39 Å². The van der Waals surface area contributed by atoms with Crippen molar-refractivity contribution in [2.24, 2.45) is 0 Å². The van der Waals surface area contributed by atoms with Gasteiger partial charge in [0.15, 0.2) is 11.2 Å². The molecule has 0 atom stereocenters. The van der Waals surface area contributed by atoms with E-state index in [0.29, 0.717) is 0 Å². The molecule has 7 nitrogen and oxygen atoms in total. The third-order valence-corrected chi connectivity index (χ3v) is 3.41. The molecule has 0 spiro atoms. The average molecular weight is 311 g/mol. The van der Waals surface area contributed by atoms with E-state index in [2.05, 4.69) is 10.3 Å². The molecule has 1 amide bonds. The number of hydrogen-bond acceptors (Lipinski definition) is 5. The molecule has 0 aliphatic rings. The van der Waals surface area contributed by atoms with Crippen LogP contribution in [0.4, 0.5) is 0 Å². The van der Waals surface area contributed by atoms with Crippen LogP contribution < -0.4 is 10.9 Å². The summed E-state index contributed by atoms with van der Waals surface area (Å²) in [4.78, 5) is 28.2. The highest BCUT2D eigenvalue weighted by molar-refractivity contribution is 6.01. The van der Waals surface area contributed by atoms with Gasteiger partial charge in [0.25, 0.3) is 5.91 Å². The lowest BCUT2D eigenvalue weighted by molar-refractivity contribution is 0.0940. The van der Waals surface area contributed by atoms with Crippen LogP contribution in [0, 0.1) is 0 Å².